The molecule has 0 amide bonds. The number of carbonyl (C=O) groups excluding carboxylic acids is 2. The summed E-state index contributed by atoms with van der Waals surface area (Å²) in [6.45, 7) is 2.06. The second-order valence-corrected chi connectivity index (χ2v) is 8.98. The molecule has 2 saturated carbocycles. The molecular formula is C21H21F3O4. The fraction of sp³-hybridized carbons (Fsp3) is 0.619. The van der Waals surface area contributed by atoms with Gasteiger partial charge in [0, 0.05) is 17.4 Å². The van der Waals surface area contributed by atoms with Gasteiger partial charge in [0.25, 0.3) is 5.60 Å². The Morgan fingerprint density at radius 1 is 1.14 bits per heavy atom. The summed E-state index contributed by atoms with van der Waals surface area (Å²) in [6, 6.07) is 2.84. The maximum Gasteiger partial charge on any atom is 0.432 e. The molecule has 0 spiro atoms. The number of esters is 1. The van der Waals surface area contributed by atoms with Crippen LogP contribution in [0.15, 0.2) is 12.1 Å². The number of aryl methyl sites for hydroxylation is 1. The molecule has 7 heteroatoms. The van der Waals surface area contributed by atoms with Crippen LogP contribution in [0.1, 0.15) is 61.6 Å². The van der Waals surface area contributed by atoms with Crippen LogP contribution in [0.3, 0.4) is 0 Å². The van der Waals surface area contributed by atoms with Crippen LogP contribution in [0.4, 0.5) is 13.2 Å². The van der Waals surface area contributed by atoms with Gasteiger partial charge in [0.1, 0.15) is 11.5 Å². The highest BCUT2D eigenvalue weighted by Crippen LogP contribution is 2.60. The summed E-state index contributed by atoms with van der Waals surface area (Å²) in [5.41, 5.74) is -2.72. The number of ketones is 1. The average molecular weight is 394 g/mol. The molecule has 1 aromatic rings. The third-order valence-corrected chi connectivity index (χ3v) is 7.83. The Bertz CT molecular complexity index is 908. The number of alkyl halides is 3. The molecule has 3 aliphatic carbocycles. The molecule has 5 rings (SSSR count). The summed E-state index contributed by atoms with van der Waals surface area (Å²) in [6.07, 6.45) is -0.696. The fourth-order valence-corrected chi connectivity index (χ4v) is 6.29. The van der Waals surface area contributed by atoms with E-state index < -0.39 is 23.3 Å². The van der Waals surface area contributed by atoms with E-state index in [4.69, 9.17) is 4.74 Å². The Balaban J connectivity index is 1.57. The monoisotopic (exact) mass is 394 g/mol. The second-order valence-electron chi connectivity index (χ2n) is 8.98. The van der Waals surface area contributed by atoms with E-state index in [-0.39, 0.29) is 17.1 Å². The summed E-state index contributed by atoms with van der Waals surface area (Å²) < 4.78 is 45.1. The predicted octanol–water partition coefficient (Wildman–Crippen LogP) is 3.78. The van der Waals surface area contributed by atoms with Crippen LogP contribution >= 0.6 is 0 Å². The highest BCUT2D eigenvalue weighted by Gasteiger charge is 2.67. The van der Waals surface area contributed by atoms with Crippen LogP contribution in [0, 0.1) is 17.3 Å². The average Bonchev–Trinajstić information content (AvgIpc) is 3.07. The molecule has 4 nitrogen and oxygen atoms in total. The van der Waals surface area contributed by atoms with Crippen molar-refractivity contribution in [3.63, 3.8) is 0 Å². The van der Waals surface area contributed by atoms with Gasteiger partial charge in [-0.3, -0.25) is 4.79 Å². The van der Waals surface area contributed by atoms with Crippen molar-refractivity contribution >= 4 is 11.8 Å². The number of carbonyl (C=O) groups is 2. The van der Waals surface area contributed by atoms with Crippen molar-refractivity contribution in [3.8, 4) is 5.75 Å². The zero-order chi connectivity index (χ0) is 20.1. The number of hydrogen-bond acceptors (Lipinski definition) is 4. The van der Waals surface area contributed by atoms with Gasteiger partial charge in [-0.1, -0.05) is 6.92 Å². The van der Waals surface area contributed by atoms with Gasteiger partial charge in [-0.05, 0) is 73.1 Å². The van der Waals surface area contributed by atoms with Gasteiger partial charge in [-0.25, -0.2) is 4.79 Å². The van der Waals surface area contributed by atoms with Gasteiger partial charge in [-0.15, -0.1) is 0 Å². The summed E-state index contributed by atoms with van der Waals surface area (Å²) in [5.74, 6) is -0.785. The first-order valence-corrected chi connectivity index (χ1v) is 9.79. The van der Waals surface area contributed by atoms with Crippen molar-refractivity contribution in [3.05, 3.63) is 28.8 Å². The number of Topliss-reactive ketones (excluding diaryl/α,β-unsaturated/α-hetero) is 1. The minimum absolute atomic E-state index is 0.149. The highest BCUT2D eigenvalue weighted by atomic mass is 19.4. The van der Waals surface area contributed by atoms with Crippen molar-refractivity contribution in [2.24, 2.45) is 17.3 Å². The molecule has 0 saturated heterocycles. The Morgan fingerprint density at radius 3 is 2.61 bits per heavy atom. The quantitative estimate of drug-likeness (QED) is 0.537. The summed E-state index contributed by atoms with van der Waals surface area (Å²) in [7, 11) is 0. The van der Waals surface area contributed by atoms with Crippen LogP contribution < -0.4 is 4.74 Å². The fourth-order valence-electron chi connectivity index (χ4n) is 6.29. The van der Waals surface area contributed by atoms with Crippen LogP contribution in [-0.4, -0.2) is 23.0 Å². The molecule has 1 aliphatic heterocycles. The lowest BCUT2D eigenvalue weighted by Crippen LogP contribution is -2.47. The molecule has 150 valence electrons. The number of rotatable bonds is 0. The van der Waals surface area contributed by atoms with Crippen LogP contribution in [0.2, 0.25) is 0 Å². The zero-order valence-corrected chi connectivity index (χ0v) is 15.4. The summed E-state index contributed by atoms with van der Waals surface area (Å²) >= 11 is 0. The van der Waals surface area contributed by atoms with Crippen molar-refractivity contribution in [2.45, 2.75) is 63.1 Å². The van der Waals surface area contributed by atoms with Gasteiger partial charge in [-0.2, -0.15) is 13.2 Å². The molecule has 28 heavy (non-hydrogen) atoms. The molecule has 0 radical (unpaired) electrons. The van der Waals surface area contributed by atoms with Crippen LogP contribution in [0.5, 0.6) is 5.75 Å². The maximum absolute atomic E-state index is 13.4. The molecule has 1 heterocycles. The Hall–Kier alpha value is -1.89. The lowest BCUT2D eigenvalue weighted by molar-refractivity contribution is -0.258. The summed E-state index contributed by atoms with van der Waals surface area (Å²) in [4.78, 5) is 24.3. The molecule has 1 N–H and O–H groups in total. The number of benzene rings is 1. The number of fused-ring (bicyclic) bond motifs is 6. The van der Waals surface area contributed by atoms with E-state index in [1.54, 1.807) is 0 Å². The van der Waals surface area contributed by atoms with E-state index in [0.29, 0.717) is 30.5 Å². The molecule has 4 aliphatic rings. The van der Waals surface area contributed by atoms with E-state index in [1.807, 2.05) is 0 Å². The smallest absolute Gasteiger partial charge is 0.423 e. The lowest BCUT2D eigenvalue weighted by atomic mass is 9.55. The molecule has 0 aromatic heterocycles. The van der Waals surface area contributed by atoms with Crippen molar-refractivity contribution < 1.29 is 32.6 Å². The molecule has 0 bridgehead atoms. The summed E-state index contributed by atoms with van der Waals surface area (Å²) in [5, 5.41) is 10.1. The highest BCUT2D eigenvalue weighted by molar-refractivity contribution is 5.90. The number of aliphatic hydroxyl groups is 1. The number of hydrogen-bond donors (Lipinski definition) is 1. The minimum atomic E-state index is -5.14. The van der Waals surface area contributed by atoms with Gasteiger partial charge in [0.2, 0.25) is 0 Å². The molecular weight excluding hydrogens is 373 g/mol. The second kappa shape index (κ2) is 5.38. The number of ether oxygens (including phenoxy) is 1. The normalized spacial score (nSPS) is 39.1. The van der Waals surface area contributed by atoms with Crippen molar-refractivity contribution in [2.75, 3.05) is 0 Å². The topological polar surface area (TPSA) is 63.6 Å². The van der Waals surface area contributed by atoms with Crippen LogP contribution in [0.25, 0.3) is 0 Å². The van der Waals surface area contributed by atoms with E-state index in [1.165, 1.54) is 12.1 Å². The van der Waals surface area contributed by atoms with Gasteiger partial charge in [0.15, 0.2) is 0 Å². The molecule has 5 atom stereocenters. The van der Waals surface area contributed by atoms with E-state index >= 15 is 0 Å². The predicted molar refractivity (Wildman–Crippen MR) is 91.7 cm³/mol. The van der Waals surface area contributed by atoms with E-state index in [2.05, 4.69) is 6.92 Å². The lowest BCUT2D eigenvalue weighted by Gasteiger charge is -2.48. The zero-order valence-electron chi connectivity index (χ0n) is 15.4. The Kier molecular flexibility index (Phi) is 3.49. The van der Waals surface area contributed by atoms with Gasteiger partial charge < -0.3 is 9.84 Å². The number of halogens is 3. The standard InChI is InChI=1S/C21H21F3O4/c1-19-7-6-11-12(14(19)4-5-17(19)25)3-2-10-8-15-16(9-13(10)11)28-18(26)20(15,27)21(22,23)24/h8-9,11-12,14,27H,2-7H2,1H3. The molecule has 5 unspecified atom stereocenters. The first kappa shape index (κ1) is 18.2. The third-order valence-electron chi connectivity index (χ3n) is 7.83. The SMILES string of the molecule is CC12CCC3c4cc5c(cc4CCC3C1CCC2=O)C(O)(C(F)(F)F)C(=O)O5. The van der Waals surface area contributed by atoms with Gasteiger partial charge in [0.05, 0.1) is 0 Å². The van der Waals surface area contributed by atoms with Crippen LogP contribution in [-0.2, 0) is 21.6 Å². The Labute approximate surface area is 160 Å². The molecule has 2 fully saturated rings. The van der Waals surface area contributed by atoms with E-state index in [0.717, 1.165) is 36.8 Å². The first-order valence-electron chi connectivity index (χ1n) is 9.79. The minimum Gasteiger partial charge on any atom is -0.423 e. The van der Waals surface area contributed by atoms with Gasteiger partial charge >= 0.3 is 12.1 Å². The first-order chi connectivity index (χ1) is 13.1. The van der Waals surface area contributed by atoms with E-state index in [9.17, 15) is 27.9 Å². The molecule has 1 aromatic carbocycles. The maximum atomic E-state index is 13.4. The largest absolute Gasteiger partial charge is 0.432 e. The van der Waals surface area contributed by atoms with Crippen molar-refractivity contribution in [1.29, 1.82) is 0 Å². The third kappa shape index (κ3) is 2.06. The van der Waals surface area contributed by atoms with Crippen molar-refractivity contribution in [1.82, 2.24) is 0 Å². The Morgan fingerprint density at radius 2 is 1.89 bits per heavy atom.